The molecule has 0 radical (unpaired) electrons. The summed E-state index contributed by atoms with van der Waals surface area (Å²) in [5.74, 6) is 2.15. The van der Waals surface area contributed by atoms with Gasteiger partial charge in [-0.3, -0.25) is 0 Å². The average molecular weight is 459 g/mol. The molecule has 9 heteroatoms. The number of imidazole rings is 1. The number of halogens is 1. The molecule has 0 saturated carbocycles. The number of ether oxygens (including phenoxy) is 2. The van der Waals surface area contributed by atoms with Gasteiger partial charge in [-0.25, -0.2) is 4.98 Å². The molecule has 3 aliphatic rings. The van der Waals surface area contributed by atoms with Gasteiger partial charge in [0.25, 0.3) is 0 Å². The van der Waals surface area contributed by atoms with Crippen molar-refractivity contribution in [1.82, 2.24) is 14.5 Å². The minimum atomic E-state index is -0.559. The number of amidine groups is 1. The minimum absolute atomic E-state index is 0.179. The van der Waals surface area contributed by atoms with Crippen LogP contribution in [0.25, 0.3) is 11.8 Å². The zero-order valence-electron chi connectivity index (χ0n) is 17.5. The third-order valence-electron chi connectivity index (χ3n) is 5.74. The van der Waals surface area contributed by atoms with E-state index in [4.69, 9.17) is 25.9 Å². The lowest BCUT2D eigenvalue weighted by Crippen LogP contribution is -2.55. The number of methoxy groups -OCH3 is 1. The lowest BCUT2D eigenvalue weighted by Gasteiger charge is -2.40. The molecule has 1 aromatic carbocycles. The molecule has 1 saturated heterocycles. The third-order valence-corrected chi connectivity index (χ3v) is 7.47. The van der Waals surface area contributed by atoms with Crippen LogP contribution in [0.15, 0.2) is 52.1 Å². The normalized spacial score (nSPS) is 26.3. The first-order valence-corrected chi connectivity index (χ1v) is 11.3. The molecule has 0 amide bonds. The van der Waals surface area contributed by atoms with E-state index in [2.05, 4.69) is 22.0 Å². The van der Waals surface area contributed by atoms with Crippen molar-refractivity contribution in [3.63, 3.8) is 0 Å². The van der Waals surface area contributed by atoms with Gasteiger partial charge in [0.1, 0.15) is 12.4 Å². The number of aryl methyl sites for hydroxylation is 1. The second kappa shape index (κ2) is 7.84. The quantitative estimate of drug-likeness (QED) is 0.671. The summed E-state index contributed by atoms with van der Waals surface area (Å²) in [5, 5.41) is 4.57. The number of allylic oxidation sites excluding steroid dienone is 1. The maximum atomic E-state index is 6.20. The van der Waals surface area contributed by atoms with Crippen molar-refractivity contribution in [3.8, 4) is 11.4 Å². The van der Waals surface area contributed by atoms with Crippen LogP contribution < -0.4 is 4.74 Å². The number of thioether (sulfide) groups is 1. The highest BCUT2D eigenvalue weighted by molar-refractivity contribution is 8.05. The van der Waals surface area contributed by atoms with Crippen LogP contribution in [0.5, 0.6) is 5.75 Å². The maximum Gasteiger partial charge on any atom is 0.221 e. The van der Waals surface area contributed by atoms with Gasteiger partial charge in [-0.15, -0.1) is 11.8 Å². The SMILES string of the molecule is COc1cc(/C=C2/OCCN3C2=NOC3(C)C2CC=C(Cl)S2)ccc1-n1cnc(C)c1. The average Bonchev–Trinajstić information content (AvgIpc) is 3.48. The molecule has 2 aromatic rings. The van der Waals surface area contributed by atoms with Gasteiger partial charge in [0.15, 0.2) is 5.76 Å². The Morgan fingerprint density at radius 2 is 2.26 bits per heavy atom. The summed E-state index contributed by atoms with van der Waals surface area (Å²) in [7, 11) is 1.66. The van der Waals surface area contributed by atoms with Gasteiger partial charge in [-0.1, -0.05) is 28.9 Å². The molecule has 4 heterocycles. The predicted molar refractivity (Wildman–Crippen MR) is 122 cm³/mol. The summed E-state index contributed by atoms with van der Waals surface area (Å²) in [5.41, 5.74) is 2.26. The van der Waals surface area contributed by atoms with Crippen LogP contribution in [-0.2, 0) is 9.57 Å². The molecule has 0 aliphatic carbocycles. The van der Waals surface area contributed by atoms with E-state index in [1.807, 2.05) is 48.0 Å². The van der Waals surface area contributed by atoms with Crippen molar-refractivity contribution < 1.29 is 14.3 Å². The topological polar surface area (TPSA) is 61.1 Å². The number of oxime groups is 1. The molecule has 31 heavy (non-hydrogen) atoms. The number of morpholine rings is 1. The van der Waals surface area contributed by atoms with Gasteiger partial charge in [0.2, 0.25) is 11.6 Å². The number of nitrogens with zero attached hydrogens (tertiary/aromatic N) is 4. The Morgan fingerprint density at radius 1 is 1.39 bits per heavy atom. The second-order valence-corrected chi connectivity index (χ2v) is 9.65. The molecule has 5 rings (SSSR count). The van der Waals surface area contributed by atoms with Crippen molar-refractivity contribution in [1.29, 1.82) is 0 Å². The Morgan fingerprint density at radius 3 is 2.97 bits per heavy atom. The number of fused-ring (bicyclic) bond motifs is 1. The fourth-order valence-electron chi connectivity index (χ4n) is 4.06. The predicted octanol–water partition coefficient (Wildman–Crippen LogP) is 4.51. The number of aromatic nitrogens is 2. The molecule has 0 N–H and O–H groups in total. The van der Waals surface area contributed by atoms with Crippen LogP contribution in [-0.4, -0.2) is 51.5 Å². The van der Waals surface area contributed by atoms with Gasteiger partial charge >= 0.3 is 0 Å². The summed E-state index contributed by atoms with van der Waals surface area (Å²) >= 11 is 7.84. The molecule has 2 atom stereocenters. The van der Waals surface area contributed by atoms with E-state index in [-0.39, 0.29) is 5.25 Å². The largest absolute Gasteiger partial charge is 0.495 e. The van der Waals surface area contributed by atoms with E-state index in [0.717, 1.165) is 33.5 Å². The summed E-state index contributed by atoms with van der Waals surface area (Å²) in [4.78, 5) is 12.4. The van der Waals surface area contributed by atoms with E-state index in [1.54, 1.807) is 25.2 Å². The maximum absolute atomic E-state index is 6.20. The van der Waals surface area contributed by atoms with Crippen LogP contribution in [0.3, 0.4) is 0 Å². The van der Waals surface area contributed by atoms with Gasteiger partial charge in [-0.05, 0) is 44.0 Å². The van der Waals surface area contributed by atoms with Gasteiger partial charge in [0.05, 0.1) is 41.0 Å². The molecule has 1 aromatic heterocycles. The van der Waals surface area contributed by atoms with E-state index in [0.29, 0.717) is 24.7 Å². The summed E-state index contributed by atoms with van der Waals surface area (Å²) in [6, 6.07) is 6.01. The minimum Gasteiger partial charge on any atom is -0.495 e. The summed E-state index contributed by atoms with van der Waals surface area (Å²) in [6.07, 6.45) is 8.60. The first kappa shape index (κ1) is 20.3. The summed E-state index contributed by atoms with van der Waals surface area (Å²) in [6.45, 7) is 5.30. The molecule has 0 bridgehead atoms. The summed E-state index contributed by atoms with van der Waals surface area (Å²) < 4.78 is 14.4. The van der Waals surface area contributed by atoms with Crippen LogP contribution in [0.1, 0.15) is 24.6 Å². The first-order valence-electron chi connectivity index (χ1n) is 10.1. The lowest BCUT2D eigenvalue weighted by atomic mass is 10.1. The molecule has 7 nitrogen and oxygen atoms in total. The highest BCUT2D eigenvalue weighted by atomic mass is 35.5. The fourth-order valence-corrected chi connectivity index (χ4v) is 5.52. The van der Waals surface area contributed by atoms with Crippen molar-refractivity contribution >= 4 is 35.3 Å². The number of hydrogen-bond donors (Lipinski definition) is 0. The number of hydrogen-bond acceptors (Lipinski definition) is 7. The molecule has 2 unspecified atom stereocenters. The van der Waals surface area contributed by atoms with Gasteiger partial charge in [-0.2, -0.15) is 0 Å². The van der Waals surface area contributed by atoms with Crippen molar-refractivity contribution in [2.24, 2.45) is 5.16 Å². The highest BCUT2D eigenvalue weighted by Crippen LogP contribution is 2.46. The first-order chi connectivity index (χ1) is 15.0. The molecule has 0 spiro atoms. The molecule has 1 fully saturated rings. The second-order valence-electron chi connectivity index (χ2n) is 7.77. The Bertz CT molecular complexity index is 1110. The van der Waals surface area contributed by atoms with Crippen LogP contribution in [0.4, 0.5) is 0 Å². The Balaban J connectivity index is 1.42. The van der Waals surface area contributed by atoms with Crippen LogP contribution in [0, 0.1) is 6.92 Å². The van der Waals surface area contributed by atoms with Gasteiger partial charge < -0.3 is 23.8 Å². The van der Waals surface area contributed by atoms with Crippen LogP contribution in [0.2, 0.25) is 0 Å². The van der Waals surface area contributed by atoms with E-state index in [1.165, 1.54) is 0 Å². The highest BCUT2D eigenvalue weighted by Gasteiger charge is 2.51. The van der Waals surface area contributed by atoms with E-state index >= 15 is 0 Å². The molecule has 162 valence electrons. The van der Waals surface area contributed by atoms with Crippen molar-refractivity contribution in [2.75, 3.05) is 20.3 Å². The molecular formula is C22H23ClN4O3S. The monoisotopic (exact) mass is 458 g/mol. The van der Waals surface area contributed by atoms with Crippen LogP contribution >= 0.6 is 23.4 Å². The standard InChI is InChI=1S/C22H23ClN4O3S/c1-14-12-26(13-24-14)16-5-4-15(10-17(16)28-3)11-18-21-25-30-22(2,27(21)8-9-29-18)19-6-7-20(23)31-19/h4-5,7,10-13,19H,6,8-9H2,1-3H3/b18-11+. The van der Waals surface area contributed by atoms with E-state index in [9.17, 15) is 0 Å². The van der Waals surface area contributed by atoms with Crippen molar-refractivity contribution in [2.45, 2.75) is 31.2 Å². The van der Waals surface area contributed by atoms with E-state index < -0.39 is 5.72 Å². The fraction of sp³-hybridized carbons (Fsp3) is 0.364. The molecular weight excluding hydrogens is 436 g/mol. The number of rotatable bonds is 4. The van der Waals surface area contributed by atoms with Crippen molar-refractivity contribution in [3.05, 3.63) is 58.2 Å². The lowest BCUT2D eigenvalue weighted by molar-refractivity contribution is -0.0898. The Labute approximate surface area is 190 Å². The molecule has 3 aliphatic heterocycles. The Hall–Kier alpha value is -2.58. The number of benzene rings is 1. The Kier molecular flexibility index (Phi) is 5.14. The smallest absolute Gasteiger partial charge is 0.221 e. The zero-order chi connectivity index (χ0) is 21.6. The van der Waals surface area contributed by atoms with Gasteiger partial charge in [0, 0.05) is 6.20 Å². The zero-order valence-corrected chi connectivity index (χ0v) is 19.1. The third kappa shape index (κ3) is 3.57.